The summed E-state index contributed by atoms with van der Waals surface area (Å²) < 4.78 is 0. The molecule has 0 bridgehead atoms. The van der Waals surface area contributed by atoms with E-state index in [-0.39, 0.29) is 16.3 Å². The summed E-state index contributed by atoms with van der Waals surface area (Å²) in [6, 6.07) is 5.18. The van der Waals surface area contributed by atoms with E-state index < -0.39 is 23.8 Å². The molecule has 0 saturated carbocycles. The van der Waals surface area contributed by atoms with E-state index in [2.05, 4.69) is 0 Å². The highest BCUT2D eigenvalue weighted by atomic mass is 16.4. The average molecular weight is 277 g/mol. The highest BCUT2D eigenvalue weighted by Gasteiger charge is 2.25. The first-order chi connectivity index (χ1) is 9.38. The number of carboxylic acid groups (broad SMARTS) is 2. The van der Waals surface area contributed by atoms with Crippen LogP contribution in [0.15, 0.2) is 24.3 Å². The van der Waals surface area contributed by atoms with Crippen LogP contribution in [0.2, 0.25) is 0 Å². The van der Waals surface area contributed by atoms with Crippen LogP contribution in [0, 0.1) is 11.5 Å². The van der Waals surface area contributed by atoms with E-state index in [4.69, 9.17) is 15.5 Å². The van der Waals surface area contributed by atoms with Gasteiger partial charge in [-0.1, -0.05) is 12.1 Å². The van der Waals surface area contributed by atoms with Crippen LogP contribution < -0.4 is 10.2 Å². The molecule has 0 aromatic heterocycles. The number of hydrogen-bond acceptors (Lipinski definition) is 5. The fourth-order valence-corrected chi connectivity index (χ4v) is 1.25. The van der Waals surface area contributed by atoms with Crippen LogP contribution in [0.3, 0.4) is 0 Å². The number of nitrogens with one attached hydrogen (secondary N) is 1. The molecule has 0 aliphatic heterocycles. The minimum atomic E-state index is -1.87. The third kappa shape index (κ3) is 3.08. The molecule has 0 aliphatic rings. The SMILES string of the molecule is N#CN(C(=O)C(=O)O)c1ccccc1NC(=O)C(=O)O. The van der Waals surface area contributed by atoms with E-state index in [1.54, 1.807) is 0 Å². The van der Waals surface area contributed by atoms with Crippen LogP contribution in [0.4, 0.5) is 11.4 Å². The number of nitriles is 1. The first kappa shape index (κ1) is 14.7. The fourth-order valence-electron chi connectivity index (χ4n) is 1.25. The molecule has 1 aromatic rings. The second-order valence-electron chi connectivity index (χ2n) is 3.32. The summed E-state index contributed by atoms with van der Waals surface area (Å²) in [6.45, 7) is 0. The highest BCUT2D eigenvalue weighted by molar-refractivity contribution is 6.39. The first-order valence-electron chi connectivity index (χ1n) is 4.99. The van der Waals surface area contributed by atoms with Crippen molar-refractivity contribution >= 4 is 35.1 Å². The number of amides is 2. The maximum Gasteiger partial charge on any atom is 0.396 e. The minimum Gasteiger partial charge on any atom is -0.474 e. The second-order valence-corrected chi connectivity index (χ2v) is 3.32. The van der Waals surface area contributed by atoms with Gasteiger partial charge in [0.15, 0.2) is 6.19 Å². The third-order valence-electron chi connectivity index (χ3n) is 2.07. The Hall–Kier alpha value is -3.41. The zero-order chi connectivity index (χ0) is 15.3. The Kier molecular flexibility index (Phi) is 4.37. The molecule has 1 rings (SSSR count). The molecular formula is C11H7N3O6. The lowest BCUT2D eigenvalue weighted by Crippen LogP contribution is -2.33. The van der Waals surface area contributed by atoms with Gasteiger partial charge in [0.25, 0.3) is 0 Å². The Morgan fingerprint density at radius 3 is 2.20 bits per heavy atom. The van der Waals surface area contributed by atoms with E-state index in [0.717, 1.165) is 0 Å². The molecule has 3 N–H and O–H groups in total. The molecule has 0 atom stereocenters. The van der Waals surface area contributed by atoms with Crippen molar-refractivity contribution < 1.29 is 29.4 Å². The largest absolute Gasteiger partial charge is 0.474 e. The van der Waals surface area contributed by atoms with Gasteiger partial charge in [0.1, 0.15) is 0 Å². The number of carbonyl (C=O) groups excluding carboxylic acids is 2. The Labute approximate surface area is 111 Å². The van der Waals surface area contributed by atoms with Gasteiger partial charge in [-0.15, -0.1) is 0 Å². The van der Waals surface area contributed by atoms with Crippen molar-refractivity contribution in [1.29, 1.82) is 5.26 Å². The zero-order valence-corrected chi connectivity index (χ0v) is 9.73. The number of rotatable bonds is 2. The maximum atomic E-state index is 11.3. The van der Waals surface area contributed by atoms with Crippen molar-refractivity contribution in [2.24, 2.45) is 0 Å². The standard InChI is InChI=1S/C11H7N3O6/c12-5-14(9(16)11(19)20)7-4-2-1-3-6(7)13-8(15)10(17)18/h1-4H,(H,13,15)(H,17,18)(H,19,20). The van der Waals surface area contributed by atoms with Crippen LogP contribution in [-0.2, 0) is 19.2 Å². The lowest BCUT2D eigenvalue weighted by Gasteiger charge is -2.15. The fraction of sp³-hybridized carbons (Fsp3) is 0. The second kappa shape index (κ2) is 5.96. The Morgan fingerprint density at radius 1 is 1.10 bits per heavy atom. The van der Waals surface area contributed by atoms with Gasteiger partial charge in [-0.25, -0.2) is 14.5 Å². The van der Waals surface area contributed by atoms with E-state index >= 15 is 0 Å². The minimum absolute atomic E-state index is 0.184. The van der Waals surface area contributed by atoms with Crippen LogP contribution in [0.25, 0.3) is 0 Å². The Bertz CT molecular complexity index is 633. The number of carbonyl (C=O) groups is 4. The average Bonchev–Trinajstić information content (AvgIpc) is 2.40. The van der Waals surface area contributed by atoms with Crippen molar-refractivity contribution in [2.45, 2.75) is 0 Å². The number of carboxylic acids is 2. The predicted molar refractivity (Wildman–Crippen MR) is 63.4 cm³/mol. The summed E-state index contributed by atoms with van der Waals surface area (Å²) in [6.07, 6.45) is 1.35. The van der Waals surface area contributed by atoms with Crippen molar-refractivity contribution in [3.63, 3.8) is 0 Å². The number of benzene rings is 1. The summed E-state index contributed by atoms with van der Waals surface area (Å²) in [7, 11) is 0. The molecule has 1 aromatic carbocycles. The van der Waals surface area contributed by atoms with E-state index in [9.17, 15) is 19.2 Å². The molecule has 0 aliphatic carbocycles. The summed E-state index contributed by atoms with van der Waals surface area (Å²) >= 11 is 0. The predicted octanol–water partition coefficient (Wildman–Crippen LogP) is -0.392. The lowest BCUT2D eigenvalue weighted by molar-refractivity contribution is -0.148. The molecular weight excluding hydrogens is 270 g/mol. The van der Waals surface area contributed by atoms with Crippen LogP contribution in [-0.4, -0.2) is 34.0 Å². The summed E-state index contributed by atoms with van der Waals surface area (Å²) in [5, 5.41) is 27.8. The van der Waals surface area contributed by atoms with Gasteiger partial charge in [-0.3, -0.25) is 9.59 Å². The molecule has 0 saturated heterocycles. The third-order valence-corrected chi connectivity index (χ3v) is 2.07. The molecule has 20 heavy (non-hydrogen) atoms. The Morgan fingerprint density at radius 2 is 1.70 bits per heavy atom. The smallest absolute Gasteiger partial charge is 0.396 e. The number of nitrogens with zero attached hydrogens (tertiary/aromatic N) is 2. The molecule has 9 heteroatoms. The quantitative estimate of drug-likeness (QED) is 0.378. The summed E-state index contributed by atoms with van der Waals surface area (Å²) in [5.74, 6) is -6.57. The number of hydrogen-bond donors (Lipinski definition) is 3. The Balaban J connectivity index is 3.21. The highest BCUT2D eigenvalue weighted by Crippen LogP contribution is 2.25. The molecule has 0 spiro atoms. The summed E-state index contributed by atoms with van der Waals surface area (Å²) in [4.78, 5) is 43.6. The molecule has 0 fully saturated rings. The summed E-state index contributed by atoms with van der Waals surface area (Å²) in [5.41, 5.74) is -0.437. The van der Waals surface area contributed by atoms with Crippen LogP contribution in [0.5, 0.6) is 0 Å². The number of para-hydroxylation sites is 2. The van der Waals surface area contributed by atoms with Gasteiger partial charge in [0.2, 0.25) is 0 Å². The topological polar surface area (TPSA) is 148 Å². The molecule has 102 valence electrons. The number of anilines is 2. The monoisotopic (exact) mass is 277 g/mol. The van der Waals surface area contributed by atoms with Gasteiger partial charge < -0.3 is 15.5 Å². The van der Waals surface area contributed by atoms with Crippen molar-refractivity contribution in [3.05, 3.63) is 24.3 Å². The van der Waals surface area contributed by atoms with E-state index in [1.165, 1.54) is 30.5 Å². The first-order valence-corrected chi connectivity index (χ1v) is 4.99. The molecule has 0 heterocycles. The van der Waals surface area contributed by atoms with Crippen LogP contribution >= 0.6 is 0 Å². The molecule has 9 nitrogen and oxygen atoms in total. The maximum absolute atomic E-state index is 11.3. The van der Waals surface area contributed by atoms with E-state index in [1.807, 2.05) is 5.32 Å². The molecule has 0 radical (unpaired) electrons. The van der Waals surface area contributed by atoms with E-state index in [0.29, 0.717) is 0 Å². The normalized spacial score (nSPS) is 9.15. The van der Waals surface area contributed by atoms with Gasteiger partial charge in [0.05, 0.1) is 11.4 Å². The van der Waals surface area contributed by atoms with Gasteiger partial charge in [-0.2, -0.15) is 5.26 Å². The van der Waals surface area contributed by atoms with Crippen molar-refractivity contribution in [2.75, 3.05) is 10.2 Å². The molecule has 2 amide bonds. The van der Waals surface area contributed by atoms with Gasteiger partial charge >= 0.3 is 23.8 Å². The van der Waals surface area contributed by atoms with Gasteiger partial charge in [-0.05, 0) is 12.1 Å². The van der Waals surface area contributed by atoms with Crippen molar-refractivity contribution in [1.82, 2.24) is 0 Å². The van der Waals surface area contributed by atoms with Gasteiger partial charge in [0, 0.05) is 0 Å². The molecule has 0 unspecified atom stereocenters. The van der Waals surface area contributed by atoms with Crippen LogP contribution in [0.1, 0.15) is 0 Å². The lowest BCUT2D eigenvalue weighted by atomic mass is 10.2. The number of aliphatic carboxylic acids is 2. The van der Waals surface area contributed by atoms with Crippen molar-refractivity contribution in [3.8, 4) is 6.19 Å². The zero-order valence-electron chi connectivity index (χ0n) is 9.73.